The molecule has 0 N–H and O–H groups in total. The molecule has 0 unspecified atom stereocenters. The monoisotopic (exact) mass is 283 g/mol. The topological polar surface area (TPSA) is 46.6 Å². The Kier molecular flexibility index (Phi) is 4.07. The summed E-state index contributed by atoms with van der Waals surface area (Å²) in [5.41, 5.74) is 0. The highest BCUT2D eigenvalue weighted by Gasteiger charge is 2.23. The minimum atomic E-state index is -3.59. The van der Waals surface area contributed by atoms with E-state index in [0.29, 0.717) is 5.75 Å². The van der Waals surface area contributed by atoms with Crippen LogP contribution in [0.3, 0.4) is 0 Å². The van der Waals surface area contributed by atoms with Crippen LogP contribution < -0.4 is 4.74 Å². The van der Waals surface area contributed by atoms with Crippen molar-refractivity contribution < 1.29 is 13.2 Å². The van der Waals surface area contributed by atoms with E-state index in [0.717, 1.165) is 4.31 Å². The average Bonchev–Trinajstić information content (AvgIpc) is 2.21. The van der Waals surface area contributed by atoms with Gasteiger partial charge in [-0.1, -0.05) is 23.2 Å². The van der Waals surface area contributed by atoms with E-state index in [9.17, 15) is 8.42 Å². The Hall–Kier alpha value is -0.490. The van der Waals surface area contributed by atoms with Crippen LogP contribution in [0.15, 0.2) is 17.0 Å². The molecule has 0 fully saturated rings. The summed E-state index contributed by atoms with van der Waals surface area (Å²) in [6.45, 7) is 0. The molecule has 0 saturated carbocycles. The van der Waals surface area contributed by atoms with Crippen LogP contribution in [0.5, 0.6) is 5.75 Å². The van der Waals surface area contributed by atoms with E-state index in [4.69, 9.17) is 27.9 Å². The van der Waals surface area contributed by atoms with Gasteiger partial charge in [0, 0.05) is 14.1 Å². The second-order valence-electron chi connectivity index (χ2n) is 3.18. The van der Waals surface area contributed by atoms with Gasteiger partial charge in [0.25, 0.3) is 0 Å². The van der Waals surface area contributed by atoms with Gasteiger partial charge in [-0.05, 0) is 12.1 Å². The summed E-state index contributed by atoms with van der Waals surface area (Å²) in [5.74, 6) is 0.337. The number of methoxy groups -OCH3 is 1. The zero-order chi connectivity index (χ0) is 12.5. The molecular formula is C9H11Cl2NO3S. The fourth-order valence-corrected chi connectivity index (χ4v) is 2.78. The van der Waals surface area contributed by atoms with Gasteiger partial charge in [0.2, 0.25) is 10.0 Å². The van der Waals surface area contributed by atoms with Crippen molar-refractivity contribution in [2.24, 2.45) is 0 Å². The van der Waals surface area contributed by atoms with E-state index in [1.165, 1.54) is 33.3 Å². The van der Waals surface area contributed by atoms with E-state index in [-0.39, 0.29) is 14.9 Å². The third-order valence-corrected chi connectivity index (χ3v) is 4.82. The third kappa shape index (κ3) is 2.27. The van der Waals surface area contributed by atoms with Crippen LogP contribution in [0, 0.1) is 0 Å². The molecule has 1 rings (SSSR count). The Morgan fingerprint density at radius 3 is 2.19 bits per heavy atom. The van der Waals surface area contributed by atoms with Crippen LogP contribution in [0.1, 0.15) is 0 Å². The van der Waals surface area contributed by atoms with E-state index in [1.807, 2.05) is 0 Å². The molecule has 90 valence electrons. The van der Waals surface area contributed by atoms with Gasteiger partial charge >= 0.3 is 0 Å². The Morgan fingerprint density at radius 2 is 1.75 bits per heavy atom. The predicted molar refractivity (Wildman–Crippen MR) is 63.9 cm³/mol. The summed E-state index contributed by atoms with van der Waals surface area (Å²) in [4.78, 5) is -0.0371. The van der Waals surface area contributed by atoms with E-state index in [1.54, 1.807) is 0 Å². The maximum absolute atomic E-state index is 11.8. The van der Waals surface area contributed by atoms with Crippen LogP contribution in [-0.4, -0.2) is 33.9 Å². The lowest BCUT2D eigenvalue weighted by Crippen LogP contribution is -2.22. The van der Waals surface area contributed by atoms with Gasteiger partial charge in [-0.15, -0.1) is 0 Å². The summed E-state index contributed by atoms with van der Waals surface area (Å²) in [6.07, 6.45) is 0. The Morgan fingerprint density at radius 1 is 1.19 bits per heavy atom. The van der Waals surface area contributed by atoms with Gasteiger partial charge < -0.3 is 4.74 Å². The van der Waals surface area contributed by atoms with Crippen molar-refractivity contribution in [1.29, 1.82) is 0 Å². The van der Waals surface area contributed by atoms with Gasteiger partial charge in [-0.2, -0.15) is 0 Å². The highest BCUT2D eigenvalue weighted by molar-refractivity contribution is 7.89. The molecule has 7 heteroatoms. The van der Waals surface area contributed by atoms with Crippen molar-refractivity contribution in [2.45, 2.75) is 4.90 Å². The number of sulfonamides is 1. The number of hydrogen-bond donors (Lipinski definition) is 0. The largest absolute Gasteiger partial charge is 0.495 e. The van der Waals surface area contributed by atoms with Gasteiger partial charge in [0.1, 0.15) is 15.7 Å². The number of halogens is 2. The second-order valence-corrected chi connectivity index (χ2v) is 6.06. The molecule has 0 aromatic heterocycles. The fraction of sp³-hybridized carbons (Fsp3) is 0.333. The van der Waals surface area contributed by atoms with Crippen molar-refractivity contribution >= 4 is 33.2 Å². The molecule has 0 saturated heterocycles. The van der Waals surface area contributed by atoms with Gasteiger partial charge in [0.05, 0.1) is 12.1 Å². The van der Waals surface area contributed by atoms with Gasteiger partial charge in [-0.25, -0.2) is 12.7 Å². The predicted octanol–water partition coefficient (Wildman–Crippen LogP) is 2.25. The van der Waals surface area contributed by atoms with Crippen LogP contribution >= 0.6 is 23.2 Å². The van der Waals surface area contributed by atoms with Crippen molar-refractivity contribution in [1.82, 2.24) is 4.31 Å². The number of rotatable bonds is 3. The molecule has 0 amide bonds. The second kappa shape index (κ2) is 4.79. The fourth-order valence-electron chi connectivity index (χ4n) is 1.07. The lowest BCUT2D eigenvalue weighted by Gasteiger charge is -2.14. The standard InChI is InChI=1S/C9H11Cl2NO3S/c1-12(2)16(13,14)7-5-4-6(15-3)8(10)9(7)11/h4-5H,1-3H3. The van der Waals surface area contributed by atoms with Crippen molar-refractivity contribution in [2.75, 3.05) is 21.2 Å². The van der Waals surface area contributed by atoms with Crippen LogP contribution in [0.4, 0.5) is 0 Å². The molecule has 0 aliphatic carbocycles. The summed E-state index contributed by atoms with van der Waals surface area (Å²) < 4.78 is 29.7. The maximum Gasteiger partial charge on any atom is 0.244 e. The Balaban J connectivity index is 3.45. The normalized spacial score (nSPS) is 11.9. The zero-order valence-electron chi connectivity index (χ0n) is 8.99. The number of hydrogen-bond acceptors (Lipinski definition) is 3. The number of benzene rings is 1. The first-order valence-electron chi connectivity index (χ1n) is 4.27. The molecule has 0 aliphatic heterocycles. The molecule has 0 atom stereocenters. The van der Waals surface area contributed by atoms with Crippen LogP contribution in [-0.2, 0) is 10.0 Å². The molecule has 16 heavy (non-hydrogen) atoms. The lowest BCUT2D eigenvalue weighted by atomic mass is 10.3. The average molecular weight is 284 g/mol. The van der Waals surface area contributed by atoms with Crippen molar-refractivity contribution in [3.05, 3.63) is 22.2 Å². The lowest BCUT2D eigenvalue weighted by molar-refractivity contribution is 0.414. The van der Waals surface area contributed by atoms with Crippen molar-refractivity contribution in [3.8, 4) is 5.75 Å². The highest BCUT2D eigenvalue weighted by atomic mass is 35.5. The quantitative estimate of drug-likeness (QED) is 0.855. The first-order chi connectivity index (χ1) is 7.32. The minimum absolute atomic E-state index is 0.0327. The van der Waals surface area contributed by atoms with Crippen LogP contribution in [0.25, 0.3) is 0 Å². The van der Waals surface area contributed by atoms with E-state index >= 15 is 0 Å². The summed E-state index contributed by atoms with van der Waals surface area (Å²) >= 11 is 11.8. The molecule has 0 radical (unpaired) electrons. The van der Waals surface area contributed by atoms with Gasteiger partial charge in [0.15, 0.2) is 0 Å². The Labute approximate surface area is 105 Å². The highest BCUT2D eigenvalue weighted by Crippen LogP contribution is 2.37. The first kappa shape index (κ1) is 13.6. The van der Waals surface area contributed by atoms with E-state index < -0.39 is 10.0 Å². The SMILES string of the molecule is COc1ccc(S(=O)(=O)N(C)C)c(Cl)c1Cl. The summed E-state index contributed by atoms with van der Waals surface area (Å²) in [5, 5.41) is 0.0572. The minimum Gasteiger partial charge on any atom is -0.495 e. The third-order valence-electron chi connectivity index (χ3n) is 1.99. The number of nitrogens with zero attached hydrogens (tertiary/aromatic N) is 1. The van der Waals surface area contributed by atoms with E-state index in [2.05, 4.69) is 0 Å². The number of ether oxygens (including phenoxy) is 1. The van der Waals surface area contributed by atoms with Crippen LogP contribution in [0.2, 0.25) is 10.0 Å². The Bertz CT molecular complexity index is 500. The molecule has 0 spiro atoms. The molecular weight excluding hydrogens is 273 g/mol. The molecule has 0 bridgehead atoms. The molecule has 0 aliphatic rings. The zero-order valence-corrected chi connectivity index (χ0v) is 11.3. The molecule has 1 aromatic rings. The summed E-state index contributed by atoms with van der Waals surface area (Å²) in [6, 6.07) is 2.83. The van der Waals surface area contributed by atoms with Gasteiger partial charge in [-0.3, -0.25) is 0 Å². The molecule has 4 nitrogen and oxygen atoms in total. The molecule has 0 heterocycles. The smallest absolute Gasteiger partial charge is 0.244 e. The molecule has 1 aromatic carbocycles. The van der Waals surface area contributed by atoms with Crippen molar-refractivity contribution in [3.63, 3.8) is 0 Å². The maximum atomic E-state index is 11.8. The summed E-state index contributed by atoms with van der Waals surface area (Å²) in [7, 11) is 0.675. The first-order valence-corrected chi connectivity index (χ1v) is 6.46.